The van der Waals surface area contributed by atoms with E-state index < -0.39 is 39.5 Å². The van der Waals surface area contributed by atoms with Crippen LogP contribution >= 0.6 is 0 Å². The molecule has 2 aliphatic heterocycles. The number of amides is 1. The normalized spacial score (nSPS) is 33.6. The SMILES string of the molecule is CN1CC[C@]23c4c5ccc(O)c4O[C@@]2(C)[C@@H](O)CC[C@@]3(NC(=O)/C=C/c2ccc([N+](=O)[O-])cc2)[C@H]1C5=O. The Balaban J connectivity index is 1.46. The summed E-state index contributed by atoms with van der Waals surface area (Å²) in [6, 6.07) is 8.21. The van der Waals surface area contributed by atoms with Gasteiger partial charge in [0.2, 0.25) is 5.91 Å². The highest BCUT2D eigenvalue weighted by atomic mass is 16.6. The van der Waals surface area contributed by atoms with E-state index in [1.54, 1.807) is 24.3 Å². The zero-order chi connectivity index (χ0) is 26.3. The number of likely N-dealkylation sites (tertiary alicyclic amines) is 1. The van der Waals surface area contributed by atoms with Crippen LogP contribution in [0.2, 0.25) is 0 Å². The summed E-state index contributed by atoms with van der Waals surface area (Å²) < 4.78 is 6.36. The molecule has 37 heavy (non-hydrogen) atoms. The van der Waals surface area contributed by atoms with Gasteiger partial charge in [0.1, 0.15) is 5.60 Å². The molecule has 0 radical (unpaired) electrons. The number of nitro benzene ring substituents is 1. The van der Waals surface area contributed by atoms with Gasteiger partial charge in [-0.15, -0.1) is 0 Å². The van der Waals surface area contributed by atoms with Gasteiger partial charge in [-0.2, -0.15) is 0 Å². The number of hydrogen-bond donors (Lipinski definition) is 3. The number of nitrogens with zero attached hydrogens (tertiary/aromatic N) is 2. The molecule has 2 aromatic carbocycles. The molecule has 1 saturated heterocycles. The van der Waals surface area contributed by atoms with E-state index in [-0.39, 0.29) is 23.0 Å². The van der Waals surface area contributed by atoms with Gasteiger partial charge in [0, 0.05) is 29.3 Å². The number of phenolic OH excluding ortho intramolecular Hbond substituents is 1. The van der Waals surface area contributed by atoms with Crippen molar-refractivity contribution in [2.24, 2.45) is 0 Å². The second-order valence-electron chi connectivity index (χ2n) is 10.6. The number of hydrogen-bond acceptors (Lipinski definition) is 8. The van der Waals surface area contributed by atoms with Gasteiger partial charge in [0.05, 0.1) is 28.0 Å². The number of ether oxygens (including phenoxy) is 1. The Labute approximate surface area is 212 Å². The topological polar surface area (TPSA) is 142 Å². The van der Waals surface area contributed by atoms with Crippen LogP contribution < -0.4 is 10.1 Å². The van der Waals surface area contributed by atoms with Gasteiger partial charge in [0.15, 0.2) is 17.3 Å². The summed E-state index contributed by atoms with van der Waals surface area (Å²) in [5.74, 6) is -0.476. The number of rotatable bonds is 4. The van der Waals surface area contributed by atoms with Crippen LogP contribution in [0.15, 0.2) is 42.5 Å². The molecule has 10 heteroatoms. The molecule has 0 unspecified atom stereocenters. The first-order chi connectivity index (χ1) is 17.6. The van der Waals surface area contributed by atoms with E-state index in [9.17, 15) is 29.9 Å². The van der Waals surface area contributed by atoms with Gasteiger partial charge in [-0.05, 0) is 75.7 Å². The van der Waals surface area contributed by atoms with E-state index in [0.29, 0.717) is 42.5 Å². The summed E-state index contributed by atoms with van der Waals surface area (Å²) in [5.41, 5.74) is -1.61. The lowest BCUT2D eigenvalue weighted by Crippen LogP contribution is -2.85. The lowest BCUT2D eigenvalue weighted by Gasteiger charge is -2.67. The lowest BCUT2D eigenvalue weighted by molar-refractivity contribution is -0.384. The number of piperidine rings is 1. The highest BCUT2D eigenvalue weighted by Crippen LogP contribution is 2.69. The minimum atomic E-state index is -1.17. The molecule has 192 valence electrons. The third-order valence-electron chi connectivity index (χ3n) is 9.07. The summed E-state index contributed by atoms with van der Waals surface area (Å²) in [6.07, 6.45) is 3.20. The number of Topliss-reactive ketones (excluding diaryl/α,β-unsaturated/α-hetero) is 1. The molecule has 2 heterocycles. The monoisotopic (exact) mass is 505 g/mol. The van der Waals surface area contributed by atoms with Crippen LogP contribution in [0, 0.1) is 10.1 Å². The number of phenols is 1. The van der Waals surface area contributed by atoms with Crippen LogP contribution in [0.1, 0.15) is 47.7 Å². The Hall–Kier alpha value is -3.76. The van der Waals surface area contributed by atoms with Crippen LogP contribution in [0.4, 0.5) is 5.69 Å². The third-order valence-corrected chi connectivity index (χ3v) is 9.07. The molecule has 1 amide bonds. The molecule has 2 aromatic rings. The van der Waals surface area contributed by atoms with Crippen molar-refractivity contribution in [2.45, 2.75) is 54.9 Å². The number of nitrogens with one attached hydrogen (secondary N) is 1. The van der Waals surface area contributed by atoms with E-state index >= 15 is 0 Å². The average Bonchev–Trinajstić information content (AvgIpc) is 3.15. The van der Waals surface area contributed by atoms with E-state index in [0.717, 1.165) is 0 Å². The summed E-state index contributed by atoms with van der Waals surface area (Å²) in [5, 5.41) is 36.1. The van der Waals surface area contributed by atoms with E-state index in [4.69, 9.17) is 4.74 Å². The number of carbonyl (C=O) groups is 2. The molecule has 2 aliphatic carbocycles. The number of aliphatic hydroxyl groups is 1. The van der Waals surface area contributed by atoms with E-state index in [1.807, 2.05) is 18.9 Å². The van der Waals surface area contributed by atoms with Gasteiger partial charge in [-0.1, -0.05) is 0 Å². The molecule has 1 spiro atoms. The van der Waals surface area contributed by atoms with Crippen molar-refractivity contribution < 1.29 is 29.5 Å². The predicted octanol–water partition coefficient (Wildman–Crippen LogP) is 2.31. The lowest BCUT2D eigenvalue weighted by atomic mass is 9.43. The fraction of sp³-hybridized carbons (Fsp3) is 0.407. The van der Waals surface area contributed by atoms with Crippen LogP contribution in [-0.4, -0.2) is 68.6 Å². The molecular formula is C27H27N3O7. The maximum atomic E-state index is 13.9. The molecule has 2 bridgehead atoms. The van der Waals surface area contributed by atoms with Crippen LogP contribution in [0.25, 0.3) is 6.08 Å². The van der Waals surface area contributed by atoms with Gasteiger partial charge in [-0.25, -0.2) is 0 Å². The van der Waals surface area contributed by atoms with Crippen molar-refractivity contribution in [3.8, 4) is 11.5 Å². The Bertz CT molecular complexity index is 1390. The molecule has 5 atom stereocenters. The minimum Gasteiger partial charge on any atom is -0.504 e. The van der Waals surface area contributed by atoms with Crippen molar-refractivity contribution in [3.63, 3.8) is 0 Å². The standard InChI is InChI=1S/C27H27N3O7/c1-25-19(32)11-12-27(28-20(33)10-5-15-3-6-16(7-4-15)30(35)36)24-22(34)17-8-9-18(31)23(37-25)21(17)26(25,27)13-14-29(24)2/h3-10,19,24,31-32H,11-14H2,1-2H3,(H,28,33)/b10-5+/t19-,24+,25-,26-,27+/m0/s1. The third kappa shape index (κ3) is 2.82. The number of aliphatic hydroxyl groups excluding tert-OH is 1. The van der Waals surface area contributed by atoms with E-state index in [1.165, 1.54) is 24.3 Å². The molecule has 0 aromatic heterocycles. The molecule has 6 rings (SSSR count). The number of non-ortho nitro benzene ring substituents is 1. The molecule has 2 fully saturated rings. The minimum absolute atomic E-state index is 0.0461. The number of benzene rings is 2. The number of carbonyl (C=O) groups excluding carboxylic acids is 2. The number of likely N-dealkylation sites (N-methyl/N-ethyl adjacent to an activating group) is 1. The van der Waals surface area contributed by atoms with Crippen LogP contribution in [0.5, 0.6) is 11.5 Å². The largest absolute Gasteiger partial charge is 0.504 e. The summed E-state index contributed by atoms with van der Waals surface area (Å²) in [7, 11) is 1.86. The maximum absolute atomic E-state index is 13.9. The van der Waals surface area contributed by atoms with Gasteiger partial charge < -0.3 is 20.3 Å². The Morgan fingerprint density at radius 2 is 1.97 bits per heavy atom. The van der Waals surface area contributed by atoms with Gasteiger partial charge in [0.25, 0.3) is 5.69 Å². The number of nitro groups is 1. The molecule has 4 aliphatic rings. The molecule has 10 nitrogen and oxygen atoms in total. The van der Waals surface area contributed by atoms with Crippen molar-refractivity contribution in [3.05, 3.63) is 69.3 Å². The first-order valence-electron chi connectivity index (χ1n) is 12.3. The number of ketones is 1. The smallest absolute Gasteiger partial charge is 0.269 e. The summed E-state index contributed by atoms with van der Waals surface area (Å²) in [6.45, 7) is 2.36. The summed E-state index contributed by atoms with van der Waals surface area (Å²) >= 11 is 0. The number of aromatic hydroxyl groups is 1. The quantitative estimate of drug-likeness (QED) is 0.327. The van der Waals surface area contributed by atoms with Crippen LogP contribution in [-0.2, 0) is 10.2 Å². The highest BCUT2D eigenvalue weighted by molar-refractivity contribution is 6.07. The zero-order valence-electron chi connectivity index (χ0n) is 20.4. The average molecular weight is 506 g/mol. The first kappa shape index (κ1) is 23.6. The van der Waals surface area contributed by atoms with Gasteiger partial charge in [-0.3, -0.25) is 24.6 Å². The maximum Gasteiger partial charge on any atom is 0.269 e. The fourth-order valence-corrected chi connectivity index (χ4v) is 7.49. The molecule has 1 saturated carbocycles. The second kappa shape index (κ2) is 7.62. The van der Waals surface area contributed by atoms with Crippen molar-refractivity contribution in [1.29, 1.82) is 0 Å². The molecule has 3 N–H and O–H groups in total. The van der Waals surface area contributed by atoms with Crippen LogP contribution in [0.3, 0.4) is 0 Å². The van der Waals surface area contributed by atoms with Crippen molar-refractivity contribution in [2.75, 3.05) is 13.6 Å². The van der Waals surface area contributed by atoms with Crippen molar-refractivity contribution in [1.82, 2.24) is 10.2 Å². The predicted molar refractivity (Wildman–Crippen MR) is 132 cm³/mol. The second-order valence-corrected chi connectivity index (χ2v) is 10.6. The van der Waals surface area contributed by atoms with Crippen molar-refractivity contribution >= 4 is 23.5 Å². The van der Waals surface area contributed by atoms with Gasteiger partial charge >= 0.3 is 0 Å². The first-order valence-corrected chi connectivity index (χ1v) is 12.3. The summed E-state index contributed by atoms with van der Waals surface area (Å²) in [4.78, 5) is 39.8. The zero-order valence-corrected chi connectivity index (χ0v) is 20.4. The Morgan fingerprint density at radius 1 is 1.24 bits per heavy atom. The van der Waals surface area contributed by atoms with E-state index in [2.05, 4.69) is 5.32 Å². The molecular weight excluding hydrogens is 478 g/mol. The Morgan fingerprint density at radius 3 is 2.68 bits per heavy atom. The Kier molecular flexibility index (Phi) is 4.87. The fourth-order valence-electron chi connectivity index (χ4n) is 7.49. The highest BCUT2D eigenvalue weighted by Gasteiger charge is 2.79.